The molecule has 2 aromatic rings. The maximum absolute atomic E-state index is 13.2. The number of thioether (sulfide) groups is 1. The lowest BCUT2D eigenvalue weighted by Crippen LogP contribution is -2.43. The fraction of sp³-hybridized carbons (Fsp3) is 0.381. The Labute approximate surface area is 184 Å². The monoisotopic (exact) mass is 472 g/mol. The van der Waals surface area contributed by atoms with Crippen molar-refractivity contribution in [2.45, 2.75) is 35.4 Å². The van der Waals surface area contributed by atoms with E-state index in [0.29, 0.717) is 6.54 Å². The Morgan fingerprint density at radius 1 is 1.10 bits per heavy atom. The van der Waals surface area contributed by atoms with Crippen molar-refractivity contribution in [3.63, 3.8) is 0 Å². The van der Waals surface area contributed by atoms with Gasteiger partial charge in [0.05, 0.1) is 10.5 Å². The number of alkyl halides is 3. The second-order valence-electron chi connectivity index (χ2n) is 7.24. The summed E-state index contributed by atoms with van der Waals surface area (Å²) in [6, 6.07) is 12.0. The van der Waals surface area contributed by atoms with E-state index in [2.05, 4.69) is 5.32 Å². The van der Waals surface area contributed by atoms with E-state index >= 15 is 0 Å². The molecule has 1 fully saturated rings. The van der Waals surface area contributed by atoms with Crippen molar-refractivity contribution >= 4 is 27.7 Å². The van der Waals surface area contributed by atoms with Crippen LogP contribution in [0.4, 0.5) is 13.2 Å². The van der Waals surface area contributed by atoms with Crippen LogP contribution in [0.5, 0.6) is 0 Å². The molecule has 0 bridgehead atoms. The van der Waals surface area contributed by atoms with Gasteiger partial charge in [-0.15, -0.1) is 11.8 Å². The second kappa shape index (κ2) is 9.62. The SMILES string of the molecule is CSc1ccc(CNC(=O)C2CCN(S(=O)(=O)c3ccccc3C(F)(F)F)CC2)cc1. The largest absolute Gasteiger partial charge is 0.417 e. The number of amides is 1. The third-order valence-electron chi connectivity index (χ3n) is 5.26. The van der Waals surface area contributed by atoms with E-state index in [4.69, 9.17) is 0 Å². The van der Waals surface area contributed by atoms with Crippen LogP contribution in [0.2, 0.25) is 0 Å². The molecule has 1 heterocycles. The van der Waals surface area contributed by atoms with Crippen molar-refractivity contribution in [1.82, 2.24) is 9.62 Å². The summed E-state index contributed by atoms with van der Waals surface area (Å²) < 4.78 is 66.4. The van der Waals surface area contributed by atoms with E-state index in [9.17, 15) is 26.4 Å². The van der Waals surface area contributed by atoms with Crippen LogP contribution < -0.4 is 5.32 Å². The highest BCUT2D eigenvalue weighted by Crippen LogP contribution is 2.36. The summed E-state index contributed by atoms with van der Waals surface area (Å²) >= 11 is 1.62. The van der Waals surface area contributed by atoms with Gasteiger partial charge in [0, 0.05) is 30.4 Å². The third kappa shape index (κ3) is 5.61. The number of nitrogens with zero attached hydrogens (tertiary/aromatic N) is 1. The fourth-order valence-corrected chi connectivity index (χ4v) is 5.59. The lowest BCUT2D eigenvalue weighted by molar-refractivity contribution is -0.139. The second-order valence-corrected chi connectivity index (χ2v) is 10.0. The molecule has 0 spiro atoms. The van der Waals surface area contributed by atoms with E-state index < -0.39 is 26.7 Å². The van der Waals surface area contributed by atoms with Crippen LogP contribution in [-0.4, -0.2) is 38.0 Å². The summed E-state index contributed by atoms with van der Waals surface area (Å²) in [5.74, 6) is -0.559. The Balaban J connectivity index is 1.60. The molecule has 1 amide bonds. The molecule has 3 rings (SSSR count). The predicted octanol–water partition coefficient (Wildman–Crippen LogP) is 4.14. The number of halogens is 3. The number of piperidine rings is 1. The molecular formula is C21H23F3N2O3S2. The topological polar surface area (TPSA) is 66.5 Å². The maximum Gasteiger partial charge on any atom is 0.417 e. The Bertz CT molecular complexity index is 1020. The quantitative estimate of drug-likeness (QED) is 0.642. The van der Waals surface area contributed by atoms with Gasteiger partial charge in [0.1, 0.15) is 0 Å². The normalized spacial score (nSPS) is 16.3. The van der Waals surface area contributed by atoms with Crippen molar-refractivity contribution in [3.8, 4) is 0 Å². The number of nitrogens with one attached hydrogen (secondary N) is 1. The molecule has 1 N–H and O–H groups in total. The highest BCUT2D eigenvalue weighted by atomic mass is 32.2. The molecule has 0 atom stereocenters. The lowest BCUT2D eigenvalue weighted by atomic mass is 9.97. The molecule has 10 heteroatoms. The Hall–Kier alpha value is -2.04. The van der Waals surface area contributed by atoms with E-state index in [-0.39, 0.29) is 37.8 Å². The molecular weight excluding hydrogens is 449 g/mol. The molecule has 168 valence electrons. The lowest BCUT2D eigenvalue weighted by Gasteiger charge is -2.31. The predicted molar refractivity (Wildman–Crippen MR) is 113 cm³/mol. The maximum atomic E-state index is 13.2. The zero-order valence-corrected chi connectivity index (χ0v) is 18.5. The minimum absolute atomic E-state index is 0.00493. The molecule has 2 aromatic carbocycles. The van der Waals surface area contributed by atoms with Gasteiger partial charge >= 0.3 is 6.18 Å². The molecule has 31 heavy (non-hydrogen) atoms. The first-order chi connectivity index (χ1) is 14.6. The van der Waals surface area contributed by atoms with Crippen LogP contribution in [0.25, 0.3) is 0 Å². The first-order valence-corrected chi connectivity index (χ1v) is 12.4. The van der Waals surface area contributed by atoms with E-state index in [1.807, 2.05) is 30.5 Å². The molecule has 0 aromatic heterocycles. The van der Waals surface area contributed by atoms with Gasteiger partial charge in [-0.3, -0.25) is 4.79 Å². The van der Waals surface area contributed by atoms with Crippen LogP contribution in [0.3, 0.4) is 0 Å². The standard InChI is InChI=1S/C21H23F3N2O3S2/c1-30-17-8-6-15(7-9-17)14-25-20(27)16-10-12-26(13-11-16)31(28,29)19-5-3-2-4-18(19)21(22,23)24/h2-9,16H,10-14H2,1H3,(H,25,27). The molecule has 1 saturated heterocycles. The van der Waals surface area contributed by atoms with Crippen LogP contribution in [-0.2, 0) is 27.5 Å². The van der Waals surface area contributed by atoms with Crippen LogP contribution in [0, 0.1) is 5.92 Å². The van der Waals surface area contributed by atoms with E-state index in [0.717, 1.165) is 33.0 Å². The molecule has 0 saturated carbocycles. The highest BCUT2D eigenvalue weighted by molar-refractivity contribution is 7.98. The number of benzene rings is 2. The molecule has 1 aliphatic heterocycles. The zero-order valence-electron chi connectivity index (χ0n) is 16.9. The summed E-state index contributed by atoms with van der Waals surface area (Å²) in [7, 11) is -4.31. The van der Waals surface area contributed by atoms with Crippen molar-refractivity contribution in [3.05, 3.63) is 59.7 Å². The number of carbonyl (C=O) groups excluding carboxylic acids is 1. The van der Waals surface area contributed by atoms with Gasteiger partial charge in [0.15, 0.2) is 0 Å². The average molecular weight is 473 g/mol. The molecule has 0 unspecified atom stereocenters. The van der Waals surface area contributed by atoms with Crippen molar-refractivity contribution in [2.24, 2.45) is 5.92 Å². The Kier molecular flexibility index (Phi) is 7.33. The Morgan fingerprint density at radius 3 is 2.29 bits per heavy atom. The summed E-state index contributed by atoms with van der Waals surface area (Å²) in [6.45, 7) is 0.356. The molecule has 5 nitrogen and oxygen atoms in total. The molecule has 0 aliphatic carbocycles. The minimum Gasteiger partial charge on any atom is -0.352 e. The van der Waals surface area contributed by atoms with Gasteiger partial charge < -0.3 is 5.32 Å². The first kappa shape index (κ1) is 23.6. The zero-order chi connectivity index (χ0) is 22.6. The van der Waals surface area contributed by atoms with Gasteiger partial charge in [0.2, 0.25) is 15.9 Å². The summed E-state index contributed by atoms with van der Waals surface area (Å²) in [5, 5.41) is 2.86. The van der Waals surface area contributed by atoms with Gasteiger partial charge in [0.25, 0.3) is 0 Å². The Morgan fingerprint density at radius 2 is 1.71 bits per heavy atom. The minimum atomic E-state index is -4.77. The van der Waals surface area contributed by atoms with Crippen LogP contribution in [0.1, 0.15) is 24.0 Å². The average Bonchev–Trinajstić information content (AvgIpc) is 2.77. The van der Waals surface area contributed by atoms with E-state index in [1.165, 1.54) is 6.07 Å². The van der Waals surface area contributed by atoms with Crippen molar-refractivity contribution in [1.29, 1.82) is 0 Å². The smallest absolute Gasteiger partial charge is 0.352 e. The fourth-order valence-electron chi connectivity index (χ4n) is 3.50. The summed E-state index contributed by atoms with van der Waals surface area (Å²) in [5.41, 5.74) is -0.225. The molecule has 1 aliphatic rings. The van der Waals surface area contributed by atoms with Gasteiger partial charge in [-0.05, 0) is 48.9 Å². The van der Waals surface area contributed by atoms with Gasteiger partial charge in [-0.2, -0.15) is 17.5 Å². The number of hydrogen-bond donors (Lipinski definition) is 1. The molecule has 0 radical (unpaired) electrons. The highest BCUT2D eigenvalue weighted by Gasteiger charge is 2.40. The number of sulfonamides is 1. The number of rotatable bonds is 6. The van der Waals surface area contributed by atoms with Gasteiger partial charge in [-0.25, -0.2) is 8.42 Å². The van der Waals surface area contributed by atoms with Crippen molar-refractivity contribution in [2.75, 3.05) is 19.3 Å². The first-order valence-electron chi connectivity index (χ1n) is 9.70. The van der Waals surface area contributed by atoms with Gasteiger partial charge in [-0.1, -0.05) is 24.3 Å². The van der Waals surface area contributed by atoms with Crippen LogP contribution in [0.15, 0.2) is 58.3 Å². The third-order valence-corrected chi connectivity index (χ3v) is 7.96. The summed E-state index contributed by atoms with van der Waals surface area (Å²) in [4.78, 5) is 12.8. The van der Waals surface area contributed by atoms with Crippen LogP contribution >= 0.6 is 11.8 Å². The van der Waals surface area contributed by atoms with E-state index in [1.54, 1.807) is 11.8 Å². The summed E-state index contributed by atoms with van der Waals surface area (Å²) in [6.07, 6.45) is -2.28. The number of carbonyl (C=O) groups is 1. The van der Waals surface area contributed by atoms with Crippen molar-refractivity contribution < 1.29 is 26.4 Å². The number of hydrogen-bond acceptors (Lipinski definition) is 4.